The molecule has 0 saturated heterocycles. The van der Waals surface area contributed by atoms with Gasteiger partial charge in [0.2, 0.25) is 11.2 Å². The van der Waals surface area contributed by atoms with Gasteiger partial charge in [0.1, 0.15) is 29.1 Å². The molecule has 0 saturated carbocycles. The fourth-order valence-electron chi connectivity index (χ4n) is 3.61. The quantitative estimate of drug-likeness (QED) is 0.211. The van der Waals surface area contributed by atoms with Crippen LogP contribution in [0.15, 0.2) is 113 Å². The highest BCUT2D eigenvalue weighted by atomic mass is 16.5. The smallest absolute Gasteiger partial charge is 0.343 e. The monoisotopic (exact) mass is 464 g/mol. The maximum atomic E-state index is 12.9. The van der Waals surface area contributed by atoms with Gasteiger partial charge >= 0.3 is 5.97 Å². The van der Waals surface area contributed by atoms with Gasteiger partial charge in [-0.2, -0.15) is 0 Å². The van der Waals surface area contributed by atoms with Crippen molar-refractivity contribution in [1.82, 2.24) is 0 Å². The molecule has 1 aromatic heterocycles. The molecule has 0 unspecified atom stereocenters. The summed E-state index contributed by atoms with van der Waals surface area (Å²) in [4.78, 5) is 25.4. The van der Waals surface area contributed by atoms with Crippen LogP contribution in [0.5, 0.6) is 23.0 Å². The lowest BCUT2D eigenvalue weighted by molar-refractivity contribution is 0.0734. The number of rotatable bonds is 6. The summed E-state index contributed by atoms with van der Waals surface area (Å²) in [6, 6.07) is 28.6. The molecule has 0 aliphatic carbocycles. The zero-order valence-corrected chi connectivity index (χ0v) is 18.8. The van der Waals surface area contributed by atoms with Crippen molar-refractivity contribution in [1.29, 1.82) is 0 Å². The Labute approximate surface area is 200 Å². The molecule has 0 aliphatic rings. The van der Waals surface area contributed by atoms with E-state index in [-0.39, 0.29) is 22.5 Å². The number of hydrogen-bond donors (Lipinski definition) is 0. The third-order valence-corrected chi connectivity index (χ3v) is 5.42. The lowest BCUT2D eigenvalue weighted by Gasteiger charge is -2.08. The van der Waals surface area contributed by atoms with Gasteiger partial charge in [0.15, 0.2) is 0 Å². The largest absolute Gasteiger partial charge is 0.497 e. The first-order valence-corrected chi connectivity index (χ1v) is 10.9. The third kappa shape index (κ3) is 4.77. The van der Waals surface area contributed by atoms with Crippen molar-refractivity contribution in [3.63, 3.8) is 0 Å². The normalized spacial score (nSPS) is 10.7. The van der Waals surface area contributed by atoms with E-state index in [1.165, 1.54) is 25.5 Å². The van der Waals surface area contributed by atoms with E-state index in [1.807, 2.05) is 42.5 Å². The molecular weight excluding hydrogens is 444 g/mol. The molecule has 172 valence electrons. The number of methoxy groups -OCH3 is 1. The summed E-state index contributed by atoms with van der Waals surface area (Å²) in [5, 5.41) is 0.310. The van der Waals surface area contributed by atoms with Crippen molar-refractivity contribution < 1.29 is 23.4 Å². The van der Waals surface area contributed by atoms with Crippen molar-refractivity contribution in [3.8, 4) is 34.1 Å². The first-order valence-electron chi connectivity index (χ1n) is 10.9. The van der Waals surface area contributed by atoms with E-state index in [0.29, 0.717) is 22.4 Å². The average Bonchev–Trinajstić information content (AvgIpc) is 2.91. The van der Waals surface area contributed by atoms with Crippen LogP contribution in [-0.2, 0) is 0 Å². The highest BCUT2D eigenvalue weighted by molar-refractivity contribution is 5.92. The van der Waals surface area contributed by atoms with Crippen LogP contribution in [0.2, 0.25) is 0 Å². The number of esters is 1. The highest BCUT2D eigenvalue weighted by Gasteiger charge is 2.14. The standard InChI is InChI=1S/C29H20O6/c1-32-23-9-5-8-21(16-23)29(31)35-24-14-15-25-26(17-24)33-18-27(28(25)30)34-22-12-10-20(11-13-22)19-6-3-2-4-7-19/h2-18H,1H3. The minimum absolute atomic E-state index is 0.0612. The number of hydrogen-bond acceptors (Lipinski definition) is 6. The molecule has 5 rings (SSSR count). The molecule has 0 aliphatic heterocycles. The Hall–Kier alpha value is -4.84. The van der Waals surface area contributed by atoms with E-state index in [0.717, 1.165) is 11.1 Å². The van der Waals surface area contributed by atoms with Crippen molar-refractivity contribution in [2.45, 2.75) is 0 Å². The molecule has 0 N–H and O–H groups in total. The molecule has 35 heavy (non-hydrogen) atoms. The molecule has 0 fully saturated rings. The summed E-state index contributed by atoms with van der Waals surface area (Å²) in [6.07, 6.45) is 1.25. The van der Waals surface area contributed by atoms with Gasteiger partial charge in [-0.15, -0.1) is 0 Å². The zero-order chi connectivity index (χ0) is 24.2. The van der Waals surface area contributed by atoms with Gasteiger partial charge in [0.25, 0.3) is 0 Å². The summed E-state index contributed by atoms with van der Waals surface area (Å²) in [5.41, 5.74) is 2.42. The second kappa shape index (κ2) is 9.57. The third-order valence-electron chi connectivity index (χ3n) is 5.42. The molecule has 0 atom stereocenters. The van der Waals surface area contributed by atoms with E-state index in [1.54, 1.807) is 42.5 Å². The number of fused-ring (bicyclic) bond motifs is 1. The Bertz CT molecular complexity index is 1550. The summed E-state index contributed by atoms with van der Waals surface area (Å²) >= 11 is 0. The van der Waals surface area contributed by atoms with Gasteiger partial charge in [-0.3, -0.25) is 4.79 Å². The van der Waals surface area contributed by atoms with E-state index in [2.05, 4.69) is 0 Å². The highest BCUT2D eigenvalue weighted by Crippen LogP contribution is 2.27. The van der Waals surface area contributed by atoms with Crippen LogP contribution in [0.4, 0.5) is 0 Å². The van der Waals surface area contributed by atoms with Crippen LogP contribution in [0, 0.1) is 0 Å². The zero-order valence-electron chi connectivity index (χ0n) is 18.8. The minimum atomic E-state index is -0.551. The molecular formula is C29H20O6. The van der Waals surface area contributed by atoms with E-state index >= 15 is 0 Å². The van der Waals surface area contributed by atoms with Gasteiger partial charge in [0, 0.05) is 6.07 Å². The topological polar surface area (TPSA) is 75.0 Å². The van der Waals surface area contributed by atoms with Gasteiger partial charge < -0.3 is 18.6 Å². The van der Waals surface area contributed by atoms with E-state index < -0.39 is 5.97 Å². The molecule has 1 heterocycles. The lowest BCUT2D eigenvalue weighted by Crippen LogP contribution is -2.09. The Kier molecular flexibility index (Phi) is 6.01. The maximum absolute atomic E-state index is 12.9. The van der Waals surface area contributed by atoms with Gasteiger partial charge in [-0.1, -0.05) is 48.5 Å². The summed E-state index contributed by atoms with van der Waals surface area (Å²) in [6.45, 7) is 0. The maximum Gasteiger partial charge on any atom is 0.343 e. The Balaban J connectivity index is 1.34. The Morgan fingerprint density at radius 3 is 2.26 bits per heavy atom. The Morgan fingerprint density at radius 2 is 1.49 bits per heavy atom. The predicted molar refractivity (Wildman–Crippen MR) is 132 cm³/mol. The van der Waals surface area contributed by atoms with Crippen LogP contribution in [0.25, 0.3) is 22.1 Å². The number of ether oxygens (including phenoxy) is 3. The molecule has 5 aromatic rings. The van der Waals surface area contributed by atoms with Gasteiger partial charge in [0.05, 0.1) is 18.1 Å². The summed E-state index contributed by atoms with van der Waals surface area (Å²) in [5.74, 6) is 0.820. The number of carbonyl (C=O) groups excluding carboxylic acids is 1. The number of carbonyl (C=O) groups is 1. The minimum Gasteiger partial charge on any atom is -0.497 e. The fraction of sp³-hybridized carbons (Fsp3) is 0.0345. The molecule has 6 nitrogen and oxygen atoms in total. The van der Waals surface area contributed by atoms with Crippen molar-refractivity contribution in [3.05, 3.63) is 119 Å². The van der Waals surface area contributed by atoms with Crippen molar-refractivity contribution >= 4 is 16.9 Å². The van der Waals surface area contributed by atoms with Crippen LogP contribution in [0.1, 0.15) is 10.4 Å². The fourth-order valence-corrected chi connectivity index (χ4v) is 3.61. The summed E-state index contributed by atoms with van der Waals surface area (Å²) < 4.78 is 22.0. The van der Waals surface area contributed by atoms with Gasteiger partial charge in [-0.05, 0) is 53.6 Å². The van der Waals surface area contributed by atoms with Crippen LogP contribution < -0.4 is 19.6 Å². The molecule has 0 spiro atoms. The lowest BCUT2D eigenvalue weighted by atomic mass is 10.1. The van der Waals surface area contributed by atoms with Crippen molar-refractivity contribution in [2.24, 2.45) is 0 Å². The van der Waals surface area contributed by atoms with Crippen molar-refractivity contribution in [2.75, 3.05) is 7.11 Å². The SMILES string of the molecule is COc1cccc(C(=O)Oc2ccc3c(=O)c(Oc4ccc(-c5ccccc5)cc4)coc3c2)c1. The van der Waals surface area contributed by atoms with E-state index in [9.17, 15) is 9.59 Å². The second-order valence-corrected chi connectivity index (χ2v) is 7.70. The molecule has 6 heteroatoms. The molecule has 0 amide bonds. The first kappa shape index (κ1) is 22.0. The van der Waals surface area contributed by atoms with Gasteiger partial charge in [-0.25, -0.2) is 4.79 Å². The Morgan fingerprint density at radius 1 is 0.743 bits per heavy atom. The number of benzene rings is 4. The van der Waals surface area contributed by atoms with E-state index in [4.69, 9.17) is 18.6 Å². The van der Waals surface area contributed by atoms with Crippen LogP contribution in [0.3, 0.4) is 0 Å². The summed E-state index contributed by atoms with van der Waals surface area (Å²) in [7, 11) is 1.52. The molecule has 0 bridgehead atoms. The van der Waals surface area contributed by atoms with Crippen LogP contribution in [-0.4, -0.2) is 13.1 Å². The second-order valence-electron chi connectivity index (χ2n) is 7.70. The molecule has 0 radical (unpaired) electrons. The predicted octanol–water partition coefficient (Wildman–Crippen LogP) is 6.48. The average molecular weight is 464 g/mol. The van der Waals surface area contributed by atoms with Crippen LogP contribution >= 0.6 is 0 Å². The first-order chi connectivity index (χ1) is 17.1. The molecule has 4 aromatic carbocycles.